The van der Waals surface area contributed by atoms with E-state index in [1.54, 1.807) is 31.1 Å². The number of carbonyl (C=O) groups is 2. The highest BCUT2D eigenvalue weighted by Crippen LogP contribution is 2.32. The first-order valence-corrected chi connectivity index (χ1v) is 6.43. The number of rotatable bonds is 4. The highest BCUT2D eigenvalue weighted by Gasteiger charge is 2.23. The van der Waals surface area contributed by atoms with Gasteiger partial charge in [0.15, 0.2) is 5.78 Å². The molecule has 0 aromatic heterocycles. The molecule has 0 heterocycles. The summed E-state index contributed by atoms with van der Waals surface area (Å²) in [6.45, 7) is 0. The molecule has 2 aromatic rings. The van der Waals surface area contributed by atoms with Crippen molar-refractivity contribution in [3.05, 3.63) is 53.1 Å². The topological polar surface area (TPSA) is 98.1 Å². The maximum Gasteiger partial charge on any atom is 0.336 e. The second kappa shape index (κ2) is 5.77. The van der Waals surface area contributed by atoms with Crippen LogP contribution in [0.4, 0.5) is 5.69 Å². The van der Waals surface area contributed by atoms with E-state index in [0.29, 0.717) is 5.69 Å². The molecule has 2 aromatic carbocycles. The molecule has 0 aliphatic carbocycles. The number of para-hydroxylation sites is 1. The van der Waals surface area contributed by atoms with Crippen molar-refractivity contribution in [1.82, 2.24) is 0 Å². The van der Waals surface area contributed by atoms with Crippen LogP contribution in [0.25, 0.3) is 0 Å². The van der Waals surface area contributed by atoms with Gasteiger partial charge in [0, 0.05) is 19.7 Å². The molecule has 0 bridgehead atoms. The second-order valence-electron chi connectivity index (χ2n) is 4.93. The van der Waals surface area contributed by atoms with E-state index in [0.717, 1.165) is 6.07 Å². The van der Waals surface area contributed by atoms with E-state index in [2.05, 4.69) is 0 Å². The molecule has 2 rings (SSSR count). The van der Waals surface area contributed by atoms with Gasteiger partial charge in [0.2, 0.25) is 0 Å². The molecule has 0 amide bonds. The third-order valence-electron chi connectivity index (χ3n) is 3.22. The lowest BCUT2D eigenvalue weighted by molar-refractivity contribution is 0.0692. The molecule has 22 heavy (non-hydrogen) atoms. The van der Waals surface area contributed by atoms with Gasteiger partial charge in [-0.3, -0.25) is 4.79 Å². The van der Waals surface area contributed by atoms with Crippen molar-refractivity contribution in [1.29, 1.82) is 0 Å². The molecular weight excluding hydrogens is 286 g/mol. The van der Waals surface area contributed by atoms with Crippen LogP contribution in [0.3, 0.4) is 0 Å². The number of aromatic carboxylic acids is 1. The summed E-state index contributed by atoms with van der Waals surface area (Å²) in [6, 6.07) is 8.22. The Morgan fingerprint density at radius 3 is 2.09 bits per heavy atom. The number of phenolic OH excluding ortho intramolecular Hbond substituents is 2. The monoisotopic (exact) mass is 301 g/mol. The number of nitrogens with zero attached hydrogens (tertiary/aromatic N) is 1. The molecule has 0 aliphatic rings. The Balaban J connectivity index is 2.67. The average Bonchev–Trinajstić information content (AvgIpc) is 2.46. The minimum Gasteiger partial charge on any atom is -0.507 e. The first-order valence-electron chi connectivity index (χ1n) is 6.43. The zero-order valence-corrected chi connectivity index (χ0v) is 12.1. The third kappa shape index (κ3) is 2.71. The number of ketones is 1. The first-order chi connectivity index (χ1) is 10.3. The van der Waals surface area contributed by atoms with Gasteiger partial charge in [-0.2, -0.15) is 0 Å². The lowest BCUT2D eigenvalue weighted by Crippen LogP contribution is -2.14. The molecule has 6 heteroatoms. The van der Waals surface area contributed by atoms with Crippen molar-refractivity contribution in [2.75, 3.05) is 19.0 Å². The lowest BCUT2D eigenvalue weighted by Gasteiger charge is -2.17. The molecule has 114 valence electrons. The summed E-state index contributed by atoms with van der Waals surface area (Å²) in [5.41, 5.74) is -0.115. The minimum atomic E-state index is -1.33. The van der Waals surface area contributed by atoms with Gasteiger partial charge in [-0.25, -0.2) is 4.79 Å². The molecule has 0 radical (unpaired) electrons. The van der Waals surface area contributed by atoms with Crippen molar-refractivity contribution in [2.24, 2.45) is 0 Å². The third-order valence-corrected chi connectivity index (χ3v) is 3.22. The number of hydrogen-bond acceptors (Lipinski definition) is 5. The van der Waals surface area contributed by atoms with Gasteiger partial charge in [-0.15, -0.1) is 0 Å². The van der Waals surface area contributed by atoms with Crippen molar-refractivity contribution >= 4 is 17.4 Å². The van der Waals surface area contributed by atoms with E-state index in [1.807, 2.05) is 0 Å². The molecular formula is C16H15NO5. The number of carbonyl (C=O) groups excluding carboxylic acids is 1. The Morgan fingerprint density at radius 1 is 0.909 bits per heavy atom. The van der Waals surface area contributed by atoms with E-state index >= 15 is 0 Å². The summed E-state index contributed by atoms with van der Waals surface area (Å²) in [7, 11) is 3.31. The van der Waals surface area contributed by atoms with Crippen molar-refractivity contribution in [3.63, 3.8) is 0 Å². The summed E-state index contributed by atoms with van der Waals surface area (Å²) in [6.07, 6.45) is 0. The Morgan fingerprint density at radius 2 is 1.55 bits per heavy atom. The molecule has 6 nitrogen and oxygen atoms in total. The van der Waals surface area contributed by atoms with Crippen molar-refractivity contribution < 1.29 is 24.9 Å². The summed E-state index contributed by atoms with van der Waals surface area (Å²) < 4.78 is 0. The van der Waals surface area contributed by atoms with Crippen LogP contribution in [0.5, 0.6) is 11.5 Å². The van der Waals surface area contributed by atoms with E-state index in [1.165, 1.54) is 18.2 Å². The normalized spacial score (nSPS) is 10.3. The highest BCUT2D eigenvalue weighted by molar-refractivity contribution is 6.16. The number of hydrogen-bond donors (Lipinski definition) is 3. The van der Waals surface area contributed by atoms with Crippen LogP contribution in [0, 0.1) is 0 Å². The predicted molar refractivity (Wildman–Crippen MR) is 80.9 cm³/mol. The largest absolute Gasteiger partial charge is 0.507 e. The van der Waals surface area contributed by atoms with E-state index in [9.17, 15) is 24.9 Å². The number of phenols is 2. The highest BCUT2D eigenvalue weighted by atomic mass is 16.4. The lowest BCUT2D eigenvalue weighted by atomic mass is 9.96. The van der Waals surface area contributed by atoms with Gasteiger partial charge in [-0.1, -0.05) is 12.1 Å². The van der Waals surface area contributed by atoms with Gasteiger partial charge in [0.25, 0.3) is 0 Å². The van der Waals surface area contributed by atoms with Crippen LogP contribution in [0.2, 0.25) is 0 Å². The van der Waals surface area contributed by atoms with Crippen molar-refractivity contribution in [2.45, 2.75) is 0 Å². The quantitative estimate of drug-likeness (QED) is 0.748. The Kier molecular flexibility index (Phi) is 4.03. The summed E-state index contributed by atoms with van der Waals surface area (Å²) in [5.74, 6) is -2.43. The number of benzene rings is 2. The van der Waals surface area contributed by atoms with Gasteiger partial charge >= 0.3 is 5.97 Å². The number of carboxylic acids is 1. The van der Waals surface area contributed by atoms with E-state index in [-0.39, 0.29) is 28.2 Å². The maximum absolute atomic E-state index is 12.6. The van der Waals surface area contributed by atoms with E-state index in [4.69, 9.17) is 0 Å². The molecule has 0 saturated carbocycles. The minimum absolute atomic E-state index is 0.000367. The summed E-state index contributed by atoms with van der Waals surface area (Å²) in [5, 5.41) is 28.9. The van der Waals surface area contributed by atoms with Crippen LogP contribution in [-0.4, -0.2) is 41.2 Å². The van der Waals surface area contributed by atoms with Crippen LogP contribution >= 0.6 is 0 Å². The SMILES string of the molecule is CN(C)c1cc(C(=O)c2ccccc2O)c(C(=O)O)cc1O. The fourth-order valence-corrected chi connectivity index (χ4v) is 2.11. The van der Waals surface area contributed by atoms with Crippen molar-refractivity contribution in [3.8, 4) is 11.5 Å². The summed E-state index contributed by atoms with van der Waals surface area (Å²) >= 11 is 0. The fourth-order valence-electron chi connectivity index (χ4n) is 2.11. The number of anilines is 1. The molecule has 0 saturated heterocycles. The second-order valence-corrected chi connectivity index (χ2v) is 4.93. The predicted octanol–water partition coefficient (Wildman–Crippen LogP) is 2.09. The summed E-state index contributed by atoms with van der Waals surface area (Å²) in [4.78, 5) is 25.4. The molecule has 0 aliphatic heterocycles. The average molecular weight is 301 g/mol. The van der Waals surface area contributed by atoms with Gasteiger partial charge in [0.05, 0.1) is 16.8 Å². The Hall–Kier alpha value is -3.02. The molecule has 0 atom stereocenters. The fraction of sp³-hybridized carbons (Fsp3) is 0.125. The molecule has 0 spiro atoms. The van der Waals surface area contributed by atoms with Crippen LogP contribution in [0.1, 0.15) is 26.3 Å². The van der Waals surface area contributed by atoms with Gasteiger partial charge in [0.1, 0.15) is 11.5 Å². The molecule has 0 fully saturated rings. The zero-order valence-electron chi connectivity index (χ0n) is 12.1. The zero-order chi connectivity index (χ0) is 16.4. The van der Waals surface area contributed by atoms with Gasteiger partial charge in [-0.05, 0) is 24.3 Å². The number of aromatic hydroxyl groups is 2. The Labute approximate surface area is 126 Å². The van der Waals surface area contributed by atoms with Crippen LogP contribution < -0.4 is 4.90 Å². The smallest absolute Gasteiger partial charge is 0.336 e. The number of carboxylic acid groups (broad SMARTS) is 1. The molecule has 0 unspecified atom stereocenters. The Bertz CT molecular complexity index is 752. The van der Waals surface area contributed by atoms with E-state index < -0.39 is 11.8 Å². The maximum atomic E-state index is 12.6. The van der Waals surface area contributed by atoms with Crippen LogP contribution in [0.15, 0.2) is 36.4 Å². The molecule has 3 N–H and O–H groups in total. The first kappa shape index (κ1) is 15.4. The van der Waals surface area contributed by atoms with Gasteiger partial charge < -0.3 is 20.2 Å². The van der Waals surface area contributed by atoms with Crippen LogP contribution in [-0.2, 0) is 0 Å². The standard InChI is InChI=1S/C16H15NO5/c1-17(2)12-7-10(11(16(21)22)8-14(12)19)15(20)9-5-3-4-6-13(9)18/h3-8,18-19H,1-2H3,(H,21,22).